The van der Waals surface area contributed by atoms with E-state index in [2.05, 4.69) is 205 Å². The summed E-state index contributed by atoms with van der Waals surface area (Å²) in [6.45, 7) is 0. The van der Waals surface area contributed by atoms with Crippen molar-refractivity contribution in [3.8, 4) is 22.3 Å². The molecule has 3 heterocycles. The monoisotopic (exact) mass is 783 g/mol. The van der Waals surface area contributed by atoms with Gasteiger partial charge in [-0.2, -0.15) is 0 Å². The maximum Gasteiger partial charge on any atom is 0.143 e. The fourth-order valence-electron chi connectivity index (χ4n) is 9.56. The highest BCUT2D eigenvalue weighted by Gasteiger charge is 2.22. The molecule has 0 N–H and O–H groups in total. The summed E-state index contributed by atoms with van der Waals surface area (Å²) in [4.78, 5) is 2.39. The lowest BCUT2D eigenvalue weighted by Crippen LogP contribution is -2.10. The Morgan fingerprint density at radius 1 is 0.350 bits per heavy atom. The summed E-state index contributed by atoms with van der Waals surface area (Å²) in [5.74, 6) is 0. The lowest BCUT2D eigenvalue weighted by molar-refractivity contribution is 0.672. The van der Waals surface area contributed by atoms with E-state index in [9.17, 15) is 0 Å². The Kier molecular flexibility index (Phi) is 7.18. The Labute approximate surface area is 348 Å². The second-order valence-corrected chi connectivity index (χ2v) is 16.7. The molecule has 0 aliphatic carbocycles. The highest BCUT2D eigenvalue weighted by Crippen LogP contribution is 2.47. The molecule has 13 aromatic rings. The zero-order valence-corrected chi connectivity index (χ0v) is 33.0. The smallest absolute Gasteiger partial charge is 0.143 e. The van der Waals surface area contributed by atoms with Crippen LogP contribution in [-0.2, 0) is 0 Å². The number of thiophene rings is 1. The molecule has 0 aliphatic heterocycles. The highest BCUT2D eigenvalue weighted by molar-refractivity contribution is 7.25. The Hall–Kier alpha value is -7.66. The molecule has 0 saturated heterocycles. The SMILES string of the molecule is c1cc(-c2cccc3oc4c5ccccc5ccc4c23)cc(N(c2ccc(-c3cccc4sc5ccccc5c34)cc2)c2cccc3oc4c5ccccc5ccc4c23)c1. The number of rotatable bonds is 5. The van der Waals surface area contributed by atoms with E-state index in [1.54, 1.807) is 0 Å². The van der Waals surface area contributed by atoms with Crippen molar-refractivity contribution in [1.29, 1.82) is 0 Å². The van der Waals surface area contributed by atoms with Crippen LogP contribution < -0.4 is 4.90 Å². The van der Waals surface area contributed by atoms with E-state index in [-0.39, 0.29) is 0 Å². The van der Waals surface area contributed by atoms with E-state index in [0.717, 1.165) is 88.2 Å². The van der Waals surface area contributed by atoms with Crippen LogP contribution in [0.2, 0.25) is 0 Å². The summed E-state index contributed by atoms with van der Waals surface area (Å²) in [7, 11) is 0. The third-order valence-corrected chi connectivity index (χ3v) is 13.4. The molecule has 0 saturated carbocycles. The van der Waals surface area contributed by atoms with Gasteiger partial charge in [-0.05, 0) is 99.8 Å². The third-order valence-electron chi connectivity index (χ3n) is 12.2. The van der Waals surface area contributed by atoms with Crippen molar-refractivity contribution in [2.45, 2.75) is 0 Å². The first-order chi connectivity index (χ1) is 29.7. The lowest BCUT2D eigenvalue weighted by atomic mass is 9.97. The van der Waals surface area contributed by atoms with Crippen LogP contribution in [0.3, 0.4) is 0 Å². The lowest BCUT2D eigenvalue weighted by Gasteiger charge is -2.27. The van der Waals surface area contributed by atoms with Gasteiger partial charge in [0.15, 0.2) is 0 Å². The molecule has 10 aromatic carbocycles. The van der Waals surface area contributed by atoms with Crippen LogP contribution >= 0.6 is 11.3 Å². The first-order valence-electron chi connectivity index (χ1n) is 20.3. The molecule has 280 valence electrons. The van der Waals surface area contributed by atoms with Crippen molar-refractivity contribution >= 4 is 114 Å². The normalized spacial score (nSPS) is 12.0. The molecule has 0 radical (unpaired) electrons. The van der Waals surface area contributed by atoms with Crippen molar-refractivity contribution in [3.05, 3.63) is 200 Å². The van der Waals surface area contributed by atoms with Crippen molar-refractivity contribution < 1.29 is 8.83 Å². The summed E-state index contributed by atoms with van der Waals surface area (Å²) in [5.41, 5.74) is 11.4. The Morgan fingerprint density at radius 2 is 0.933 bits per heavy atom. The van der Waals surface area contributed by atoms with Gasteiger partial charge in [-0.15, -0.1) is 11.3 Å². The molecule has 0 unspecified atom stereocenters. The van der Waals surface area contributed by atoms with Crippen LogP contribution in [0.15, 0.2) is 209 Å². The average Bonchev–Trinajstić information content (AvgIpc) is 4.02. The topological polar surface area (TPSA) is 29.5 Å². The van der Waals surface area contributed by atoms with Crippen LogP contribution in [0.4, 0.5) is 17.1 Å². The number of benzene rings is 10. The van der Waals surface area contributed by atoms with Gasteiger partial charge < -0.3 is 13.7 Å². The fourth-order valence-corrected chi connectivity index (χ4v) is 10.7. The molecule has 13 rings (SSSR count). The van der Waals surface area contributed by atoms with E-state index in [4.69, 9.17) is 8.83 Å². The van der Waals surface area contributed by atoms with E-state index < -0.39 is 0 Å². The number of nitrogens with zero attached hydrogens (tertiary/aromatic N) is 1. The maximum absolute atomic E-state index is 6.74. The zero-order valence-electron chi connectivity index (χ0n) is 32.2. The molecular weight excluding hydrogens is 751 g/mol. The van der Waals surface area contributed by atoms with Gasteiger partial charge in [0.25, 0.3) is 0 Å². The van der Waals surface area contributed by atoms with Crippen LogP contribution in [0.1, 0.15) is 0 Å². The quantitative estimate of drug-likeness (QED) is 0.174. The number of fused-ring (bicyclic) bond motifs is 13. The second-order valence-electron chi connectivity index (χ2n) is 15.6. The molecule has 0 amide bonds. The predicted molar refractivity (Wildman–Crippen MR) is 254 cm³/mol. The van der Waals surface area contributed by atoms with Crippen LogP contribution in [0, 0.1) is 0 Å². The summed E-state index contributed by atoms with van der Waals surface area (Å²) < 4.78 is 16.0. The standard InChI is InChI=1S/C56H33NO2S/c1-3-15-42-34(11-1)27-31-45-52-41(18-8-21-48(52)58-55(42)45)37-13-7-14-39(33-37)57(47-20-10-22-49-54(47)46-32-28-35-12-2-4-16-43(35)56(46)59-49)38-29-25-36(26-30-38)40-19-9-24-51-53(40)44-17-5-6-23-50(44)60-51/h1-33H. The van der Waals surface area contributed by atoms with Crippen molar-refractivity contribution in [2.24, 2.45) is 0 Å². The molecule has 0 fully saturated rings. The van der Waals surface area contributed by atoms with Crippen LogP contribution in [-0.4, -0.2) is 0 Å². The van der Waals surface area contributed by atoms with Crippen molar-refractivity contribution in [1.82, 2.24) is 0 Å². The molecule has 4 heteroatoms. The molecule has 0 aliphatic rings. The molecular formula is C56H33NO2S. The highest BCUT2D eigenvalue weighted by atomic mass is 32.1. The first-order valence-corrected chi connectivity index (χ1v) is 21.1. The van der Waals surface area contributed by atoms with Crippen molar-refractivity contribution in [3.63, 3.8) is 0 Å². The summed E-state index contributed by atoms with van der Waals surface area (Å²) in [5, 5.41) is 11.6. The van der Waals surface area contributed by atoms with Gasteiger partial charge in [-0.3, -0.25) is 0 Å². The van der Waals surface area contributed by atoms with Gasteiger partial charge in [0, 0.05) is 58.5 Å². The average molecular weight is 784 g/mol. The van der Waals surface area contributed by atoms with Gasteiger partial charge in [0.1, 0.15) is 22.3 Å². The minimum atomic E-state index is 0.856. The maximum atomic E-state index is 6.74. The minimum absolute atomic E-state index is 0.856. The summed E-state index contributed by atoms with van der Waals surface area (Å²) in [6, 6.07) is 72.0. The van der Waals surface area contributed by atoms with E-state index in [0.29, 0.717) is 0 Å². The summed E-state index contributed by atoms with van der Waals surface area (Å²) in [6.07, 6.45) is 0. The van der Waals surface area contributed by atoms with Crippen molar-refractivity contribution in [2.75, 3.05) is 4.90 Å². The molecule has 60 heavy (non-hydrogen) atoms. The molecule has 3 aromatic heterocycles. The van der Waals surface area contributed by atoms with Gasteiger partial charge in [0.2, 0.25) is 0 Å². The second kappa shape index (κ2) is 12.9. The van der Waals surface area contributed by atoms with Gasteiger partial charge in [-0.1, -0.05) is 133 Å². The third kappa shape index (κ3) is 4.95. The number of hydrogen-bond donors (Lipinski definition) is 0. The molecule has 3 nitrogen and oxygen atoms in total. The van der Waals surface area contributed by atoms with E-state index >= 15 is 0 Å². The number of anilines is 3. The van der Waals surface area contributed by atoms with Gasteiger partial charge in [0.05, 0.1) is 11.1 Å². The molecule has 0 bridgehead atoms. The molecule has 0 atom stereocenters. The number of furan rings is 2. The van der Waals surface area contributed by atoms with E-state index in [1.807, 2.05) is 11.3 Å². The Bertz CT molecular complexity index is 3850. The largest absolute Gasteiger partial charge is 0.455 e. The Morgan fingerprint density at radius 3 is 1.68 bits per heavy atom. The first kappa shape index (κ1) is 33.3. The Balaban J connectivity index is 1.03. The minimum Gasteiger partial charge on any atom is -0.455 e. The van der Waals surface area contributed by atoms with Gasteiger partial charge in [-0.25, -0.2) is 0 Å². The summed E-state index contributed by atoms with van der Waals surface area (Å²) >= 11 is 1.85. The predicted octanol–water partition coefficient (Wildman–Crippen LogP) is 17.0. The number of hydrogen-bond acceptors (Lipinski definition) is 4. The molecule has 0 spiro atoms. The fraction of sp³-hybridized carbons (Fsp3) is 0. The van der Waals surface area contributed by atoms with Gasteiger partial charge >= 0.3 is 0 Å². The van der Waals surface area contributed by atoms with Crippen LogP contribution in [0.25, 0.3) is 108 Å². The van der Waals surface area contributed by atoms with Crippen LogP contribution in [0.5, 0.6) is 0 Å². The van der Waals surface area contributed by atoms with E-state index in [1.165, 1.54) is 36.7 Å². The zero-order chi connectivity index (χ0) is 39.3.